The smallest absolute Gasteiger partial charge is 0.338 e. The third-order valence-electron chi connectivity index (χ3n) is 5.40. The number of carbonyl (C=O) groups excluding carboxylic acids is 3. The Bertz CT molecular complexity index is 1190. The minimum atomic E-state index is -0.753. The maximum atomic E-state index is 13.3. The zero-order chi connectivity index (χ0) is 24.2. The Hall–Kier alpha value is -3.59. The number of aliphatic imine (C=N–C) groups is 1. The van der Waals surface area contributed by atoms with Crippen molar-refractivity contribution in [2.75, 3.05) is 12.9 Å². The van der Waals surface area contributed by atoms with E-state index in [2.05, 4.69) is 4.99 Å². The molecule has 9 heteroatoms. The van der Waals surface area contributed by atoms with Crippen molar-refractivity contribution in [3.05, 3.63) is 70.9 Å². The standard InChI is InChI=1S/C25H24N2O6S/c1-15-22(24(30)32-14-17-7-5-4-6-8-17)23(27-21(29)11-12-34-25(27)26-15)18-9-10-19(33-16(2)28)20(13-18)31-3/h4-10,13,23H,11-12,14H2,1-3H3/t23-/m1/s1. The Labute approximate surface area is 201 Å². The van der Waals surface area contributed by atoms with Gasteiger partial charge in [0.25, 0.3) is 0 Å². The van der Waals surface area contributed by atoms with Crippen molar-refractivity contribution < 1.29 is 28.6 Å². The van der Waals surface area contributed by atoms with Crippen LogP contribution in [0.5, 0.6) is 11.5 Å². The van der Waals surface area contributed by atoms with E-state index in [1.165, 1.54) is 25.8 Å². The third-order valence-corrected chi connectivity index (χ3v) is 6.35. The summed E-state index contributed by atoms with van der Waals surface area (Å²) >= 11 is 1.47. The molecule has 4 rings (SSSR count). The minimum absolute atomic E-state index is 0.0944. The minimum Gasteiger partial charge on any atom is -0.493 e. The third kappa shape index (κ3) is 4.84. The van der Waals surface area contributed by atoms with Crippen molar-refractivity contribution in [2.24, 2.45) is 4.99 Å². The molecule has 0 spiro atoms. The summed E-state index contributed by atoms with van der Waals surface area (Å²) in [6, 6.07) is 13.6. The number of methoxy groups -OCH3 is 1. The number of esters is 2. The lowest BCUT2D eigenvalue weighted by Crippen LogP contribution is -2.45. The molecule has 0 aliphatic carbocycles. The molecule has 2 aromatic carbocycles. The number of thioether (sulfide) groups is 1. The summed E-state index contributed by atoms with van der Waals surface area (Å²) in [6.45, 7) is 3.13. The highest BCUT2D eigenvalue weighted by Gasteiger charge is 2.42. The van der Waals surface area contributed by atoms with E-state index in [4.69, 9.17) is 14.2 Å². The largest absolute Gasteiger partial charge is 0.493 e. The summed E-state index contributed by atoms with van der Waals surface area (Å²) in [6.07, 6.45) is 0.328. The second kappa shape index (κ2) is 10.1. The van der Waals surface area contributed by atoms with Crippen molar-refractivity contribution in [3.8, 4) is 11.5 Å². The number of rotatable bonds is 6. The van der Waals surface area contributed by atoms with Gasteiger partial charge in [-0.05, 0) is 30.2 Å². The first-order valence-electron chi connectivity index (χ1n) is 10.7. The highest BCUT2D eigenvalue weighted by molar-refractivity contribution is 8.14. The number of hydrogen-bond acceptors (Lipinski definition) is 8. The molecule has 1 atom stereocenters. The number of carbonyl (C=O) groups is 3. The fraction of sp³-hybridized carbons (Fsp3) is 0.280. The second-order valence-electron chi connectivity index (χ2n) is 7.72. The highest BCUT2D eigenvalue weighted by Crippen LogP contribution is 2.42. The van der Waals surface area contributed by atoms with E-state index in [0.29, 0.717) is 34.4 Å². The van der Waals surface area contributed by atoms with Crippen LogP contribution >= 0.6 is 11.8 Å². The number of nitrogens with zero attached hydrogens (tertiary/aromatic N) is 2. The van der Waals surface area contributed by atoms with Crippen LogP contribution in [0.15, 0.2) is 64.8 Å². The summed E-state index contributed by atoms with van der Waals surface area (Å²) in [7, 11) is 1.46. The van der Waals surface area contributed by atoms with Crippen LogP contribution in [0.3, 0.4) is 0 Å². The van der Waals surface area contributed by atoms with Gasteiger partial charge in [0.1, 0.15) is 6.61 Å². The zero-order valence-electron chi connectivity index (χ0n) is 19.1. The average molecular weight is 481 g/mol. The number of hydrogen-bond donors (Lipinski definition) is 0. The Kier molecular flexibility index (Phi) is 7.02. The quantitative estimate of drug-likeness (QED) is 0.455. The first kappa shape index (κ1) is 23.6. The van der Waals surface area contributed by atoms with E-state index in [9.17, 15) is 14.4 Å². The Morgan fingerprint density at radius 2 is 1.91 bits per heavy atom. The van der Waals surface area contributed by atoms with Crippen LogP contribution < -0.4 is 9.47 Å². The molecule has 0 unspecified atom stereocenters. The molecule has 2 aliphatic heterocycles. The molecule has 1 saturated heterocycles. The molecule has 2 heterocycles. The molecule has 0 bridgehead atoms. The first-order valence-corrected chi connectivity index (χ1v) is 11.7. The normalized spacial score (nSPS) is 17.6. The molecule has 0 radical (unpaired) electrons. The molecule has 0 saturated carbocycles. The molecular formula is C25H24N2O6S. The molecule has 1 amide bonds. The second-order valence-corrected chi connectivity index (χ2v) is 8.79. The number of amides is 1. The molecule has 1 fully saturated rings. The molecule has 34 heavy (non-hydrogen) atoms. The summed E-state index contributed by atoms with van der Waals surface area (Å²) in [4.78, 5) is 43.9. The topological polar surface area (TPSA) is 94.5 Å². The van der Waals surface area contributed by atoms with Crippen molar-refractivity contribution in [1.29, 1.82) is 0 Å². The van der Waals surface area contributed by atoms with Crippen LogP contribution in [-0.2, 0) is 25.7 Å². The Morgan fingerprint density at radius 1 is 1.15 bits per heavy atom. The van der Waals surface area contributed by atoms with Crippen LogP contribution in [0.2, 0.25) is 0 Å². The molecule has 2 aromatic rings. The van der Waals surface area contributed by atoms with E-state index < -0.39 is 18.0 Å². The number of ether oxygens (including phenoxy) is 3. The van der Waals surface area contributed by atoms with Crippen LogP contribution in [-0.4, -0.2) is 40.8 Å². The maximum Gasteiger partial charge on any atom is 0.338 e. The number of allylic oxidation sites excluding steroid dienone is 1. The van der Waals surface area contributed by atoms with Crippen molar-refractivity contribution in [2.45, 2.75) is 32.9 Å². The monoisotopic (exact) mass is 480 g/mol. The predicted molar refractivity (Wildman–Crippen MR) is 127 cm³/mol. The fourth-order valence-corrected chi connectivity index (χ4v) is 4.87. The van der Waals surface area contributed by atoms with Gasteiger partial charge in [-0.3, -0.25) is 14.5 Å². The van der Waals surface area contributed by atoms with Crippen LogP contribution in [0.4, 0.5) is 0 Å². The van der Waals surface area contributed by atoms with Gasteiger partial charge in [0, 0.05) is 19.1 Å². The van der Waals surface area contributed by atoms with Crippen LogP contribution in [0, 0.1) is 0 Å². The SMILES string of the molecule is COc1cc([C@@H]2C(C(=O)OCc3ccccc3)=C(C)N=C3SCCC(=O)N32)ccc1OC(C)=O. The maximum absolute atomic E-state index is 13.3. The van der Waals surface area contributed by atoms with E-state index >= 15 is 0 Å². The lowest BCUT2D eigenvalue weighted by atomic mass is 9.93. The Balaban J connectivity index is 1.74. The molecule has 2 aliphatic rings. The van der Waals surface area contributed by atoms with Gasteiger partial charge in [0.2, 0.25) is 5.91 Å². The van der Waals surface area contributed by atoms with Crippen molar-refractivity contribution in [3.63, 3.8) is 0 Å². The molecule has 0 aromatic heterocycles. The predicted octanol–water partition coefficient (Wildman–Crippen LogP) is 4.01. The molecule has 8 nitrogen and oxygen atoms in total. The van der Waals surface area contributed by atoms with E-state index in [1.807, 2.05) is 30.3 Å². The average Bonchev–Trinajstić information content (AvgIpc) is 2.82. The molecule has 176 valence electrons. The lowest BCUT2D eigenvalue weighted by Gasteiger charge is -2.39. The van der Waals surface area contributed by atoms with Gasteiger partial charge in [0.05, 0.1) is 24.4 Å². The van der Waals surface area contributed by atoms with Gasteiger partial charge in [-0.1, -0.05) is 48.2 Å². The van der Waals surface area contributed by atoms with Crippen LogP contribution in [0.1, 0.15) is 37.4 Å². The summed E-state index contributed by atoms with van der Waals surface area (Å²) < 4.78 is 16.3. The van der Waals surface area contributed by atoms with Gasteiger partial charge < -0.3 is 14.2 Å². The fourth-order valence-electron chi connectivity index (χ4n) is 3.87. The van der Waals surface area contributed by atoms with Gasteiger partial charge in [-0.25, -0.2) is 9.79 Å². The van der Waals surface area contributed by atoms with Gasteiger partial charge in [0.15, 0.2) is 16.7 Å². The highest BCUT2D eigenvalue weighted by atomic mass is 32.2. The van der Waals surface area contributed by atoms with E-state index in [1.54, 1.807) is 30.0 Å². The van der Waals surface area contributed by atoms with Crippen molar-refractivity contribution >= 4 is 34.8 Å². The number of fused-ring (bicyclic) bond motifs is 1. The number of amidine groups is 1. The van der Waals surface area contributed by atoms with Gasteiger partial charge in [-0.15, -0.1) is 0 Å². The number of benzene rings is 2. The molecule has 0 N–H and O–H groups in total. The summed E-state index contributed by atoms with van der Waals surface area (Å²) in [5.74, 6) is 0.00487. The lowest BCUT2D eigenvalue weighted by molar-refractivity contribution is -0.141. The van der Waals surface area contributed by atoms with Gasteiger partial charge in [-0.2, -0.15) is 0 Å². The van der Waals surface area contributed by atoms with E-state index in [-0.39, 0.29) is 23.8 Å². The summed E-state index contributed by atoms with van der Waals surface area (Å²) in [5, 5.41) is 0.543. The first-order chi connectivity index (χ1) is 16.4. The molecular weight excluding hydrogens is 456 g/mol. The van der Waals surface area contributed by atoms with Crippen LogP contribution in [0.25, 0.3) is 0 Å². The summed E-state index contributed by atoms with van der Waals surface area (Å²) in [5.41, 5.74) is 2.22. The van der Waals surface area contributed by atoms with Gasteiger partial charge >= 0.3 is 11.9 Å². The zero-order valence-corrected chi connectivity index (χ0v) is 19.9. The Morgan fingerprint density at radius 3 is 2.62 bits per heavy atom. The van der Waals surface area contributed by atoms with E-state index in [0.717, 1.165) is 5.56 Å². The van der Waals surface area contributed by atoms with Crippen molar-refractivity contribution in [1.82, 2.24) is 4.90 Å².